The van der Waals surface area contributed by atoms with Crippen molar-refractivity contribution in [3.8, 4) is 0 Å². The zero-order valence-corrected chi connectivity index (χ0v) is 18.8. The lowest BCUT2D eigenvalue weighted by atomic mass is 9.93. The van der Waals surface area contributed by atoms with E-state index in [4.69, 9.17) is 18.9 Å². The van der Waals surface area contributed by atoms with Crippen LogP contribution in [0.1, 0.15) is 28.4 Å². The quantitative estimate of drug-likeness (QED) is 0.431. The Morgan fingerprint density at radius 3 is 1.88 bits per heavy atom. The Morgan fingerprint density at radius 1 is 0.788 bits per heavy atom. The van der Waals surface area contributed by atoms with Gasteiger partial charge in [0.25, 0.3) is 0 Å². The average Bonchev–Trinajstić information content (AvgIpc) is 2.87. The molecule has 0 amide bonds. The molecule has 3 aromatic rings. The highest BCUT2D eigenvalue weighted by atomic mass is 16.6. The molecule has 0 spiro atoms. The Bertz CT molecular complexity index is 977. The summed E-state index contributed by atoms with van der Waals surface area (Å²) in [5.41, 5.74) is 2.68. The van der Waals surface area contributed by atoms with E-state index in [9.17, 15) is 4.79 Å². The molecule has 1 saturated heterocycles. The number of benzene rings is 3. The molecule has 4 rings (SSSR count). The minimum Gasteiger partial charge on any atom is -0.459 e. The minimum atomic E-state index is -0.418. The van der Waals surface area contributed by atoms with Gasteiger partial charge < -0.3 is 18.9 Å². The molecule has 1 heterocycles. The molecule has 1 aliphatic rings. The van der Waals surface area contributed by atoms with Crippen LogP contribution < -0.4 is 0 Å². The zero-order valence-electron chi connectivity index (χ0n) is 18.8. The van der Waals surface area contributed by atoms with Gasteiger partial charge in [0, 0.05) is 5.92 Å². The summed E-state index contributed by atoms with van der Waals surface area (Å²) >= 11 is 0. The van der Waals surface area contributed by atoms with Crippen molar-refractivity contribution in [3.63, 3.8) is 0 Å². The molecule has 5 heteroatoms. The third-order valence-electron chi connectivity index (χ3n) is 5.78. The van der Waals surface area contributed by atoms with E-state index in [0.29, 0.717) is 25.4 Å². The van der Waals surface area contributed by atoms with Gasteiger partial charge in [-0.3, -0.25) is 0 Å². The molecule has 0 bridgehead atoms. The zero-order chi connectivity index (χ0) is 22.9. The Balaban J connectivity index is 1.45. The van der Waals surface area contributed by atoms with E-state index < -0.39 is 6.10 Å². The summed E-state index contributed by atoms with van der Waals surface area (Å²) in [7, 11) is 0. The van der Waals surface area contributed by atoms with Gasteiger partial charge in [0.2, 0.25) is 0 Å². The summed E-state index contributed by atoms with van der Waals surface area (Å²) in [6.07, 6.45) is -0.984. The van der Waals surface area contributed by atoms with Crippen molar-refractivity contribution in [2.75, 3.05) is 13.2 Å². The Hall–Kier alpha value is -2.99. The fourth-order valence-electron chi connectivity index (χ4n) is 3.95. The van der Waals surface area contributed by atoms with Crippen LogP contribution in [0.25, 0.3) is 0 Å². The summed E-state index contributed by atoms with van der Waals surface area (Å²) in [4.78, 5) is 12.5. The lowest BCUT2D eigenvalue weighted by Gasteiger charge is -2.41. The fourth-order valence-corrected chi connectivity index (χ4v) is 3.95. The molecule has 0 aromatic heterocycles. The number of hydrogen-bond donors (Lipinski definition) is 0. The van der Waals surface area contributed by atoms with Crippen LogP contribution in [0, 0.1) is 5.92 Å². The van der Waals surface area contributed by atoms with E-state index in [1.165, 1.54) is 0 Å². The van der Waals surface area contributed by atoms with Crippen molar-refractivity contribution < 1.29 is 23.7 Å². The number of rotatable bonds is 9. The predicted molar refractivity (Wildman–Crippen MR) is 126 cm³/mol. The number of esters is 1. The van der Waals surface area contributed by atoms with Crippen LogP contribution in [0.15, 0.2) is 91.0 Å². The van der Waals surface area contributed by atoms with E-state index in [-0.39, 0.29) is 30.7 Å². The van der Waals surface area contributed by atoms with Crippen LogP contribution in [-0.2, 0) is 32.2 Å². The summed E-state index contributed by atoms with van der Waals surface area (Å²) in [6.45, 7) is 3.62. The maximum Gasteiger partial charge on any atom is 0.338 e. The number of carbonyl (C=O) groups excluding carboxylic acids is 1. The van der Waals surface area contributed by atoms with Gasteiger partial charge in [-0.2, -0.15) is 0 Å². The van der Waals surface area contributed by atoms with E-state index in [1.807, 2.05) is 78.9 Å². The van der Waals surface area contributed by atoms with Gasteiger partial charge in [-0.15, -0.1) is 0 Å². The van der Waals surface area contributed by atoms with Gasteiger partial charge in [-0.05, 0) is 23.3 Å². The largest absolute Gasteiger partial charge is 0.459 e. The van der Waals surface area contributed by atoms with Crippen molar-refractivity contribution in [1.82, 2.24) is 0 Å². The van der Waals surface area contributed by atoms with E-state index >= 15 is 0 Å². The minimum absolute atomic E-state index is 0.102. The third-order valence-corrected chi connectivity index (χ3v) is 5.78. The van der Waals surface area contributed by atoms with Crippen molar-refractivity contribution in [1.29, 1.82) is 0 Å². The van der Waals surface area contributed by atoms with Crippen molar-refractivity contribution in [3.05, 3.63) is 108 Å². The van der Waals surface area contributed by atoms with E-state index in [0.717, 1.165) is 11.1 Å². The van der Waals surface area contributed by atoms with Crippen LogP contribution in [-0.4, -0.2) is 37.5 Å². The number of hydrogen-bond acceptors (Lipinski definition) is 5. The number of carbonyl (C=O) groups is 1. The molecule has 4 atom stereocenters. The van der Waals surface area contributed by atoms with Crippen LogP contribution in [0.4, 0.5) is 0 Å². The monoisotopic (exact) mass is 446 g/mol. The predicted octanol–water partition coefficient (Wildman–Crippen LogP) is 5.05. The average molecular weight is 447 g/mol. The van der Waals surface area contributed by atoms with Crippen molar-refractivity contribution in [2.24, 2.45) is 5.92 Å². The molecule has 2 unspecified atom stereocenters. The van der Waals surface area contributed by atoms with Gasteiger partial charge in [-0.25, -0.2) is 4.79 Å². The number of ether oxygens (including phenoxy) is 4. The first-order valence-electron chi connectivity index (χ1n) is 11.4. The van der Waals surface area contributed by atoms with Crippen molar-refractivity contribution >= 4 is 5.97 Å². The lowest BCUT2D eigenvalue weighted by Crippen LogP contribution is -2.53. The van der Waals surface area contributed by atoms with Gasteiger partial charge in [-0.1, -0.05) is 85.8 Å². The maximum atomic E-state index is 12.5. The highest BCUT2D eigenvalue weighted by Crippen LogP contribution is 2.28. The molecular formula is C28H30O5. The Morgan fingerprint density at radius 2 is 1.30 bits per heavy atom. The third kappa shape index (κ3) is 6.51. The van der Waals surface area contributed by atoms with Gasteiger partial charge in [0.05, 0.1) is 31.5 Å². The lowest BCUT2D eigenvalue weighted by molar-refractivity contribution is -0.212. The summed E-state index contributed by atoms with van der Waals surface area (Å²) in [5.74, 6) is -0.239. The van der Waals surface area contributed by atoms with Gasteiger partial charge >= 0.3 is 5.97 Å². The van der Waals surface area contributed by atoms with Gasteiger partial charge in [0.15, 0.2) is 0 Å². The SMILES string of the molecule is CC1COC(COC(=O)c2ccccc2)[C@@H](OCc2ccccc2)[C@H]1OCc1ccccc1. The first-order valence-corrected chi connectivity index (χ1v) is 11.4. The normalized spacial score (nSPS) is 22.6. The summed E-state index contributed by atoms with van der Waals surface area (Å²) < 4.78 is 24.4. The second-order valence-electron chi connectivity index (χ2n) is 8.34. The molecule has 1 aliphatic heterocycles. The molecule has 1 fully saturated rings. The van der Waals surface area contributed by atoms with Gasteiger partial charge in [0.1, 0.15) is 18.8 Å². The molecule has 0 saturated carbocycles. The molecular weight excluding hydrogens is 416 g/mol. The summed E-state index contributed by atoms with van der Waals surface area (Å²) in [6, 6.07) is 29.1. The highest BCUT2D eigenvalue weighted by Gasteiger charge is 2.41. The first kappa shape index (κ1) is 23.2. The van der Waals surface area contributed by atoms with E-state index in [1.54, 1.807) is 12.1 Å². The van der Waals surface area contributed by atoms with Crippen LogP contribution >= 0.6 is 0 Å². The maximum absolute atomic E-state index is 12.5. The molecule has 3 aromatic carbocycles. The van der Waals surface area contributed by atoms with E-state index in [2.05, 4.69) is 6.92 Å². The molecule has 0 N–H and O–H groups in total. The fraction of sp³-hybridized carbons (Fsp3) is 0.321. The molecule has 0 radical (unpaired) electrons. The molecule has 172 valence electrons. The van der Waals surface area contributed by atoms with Crippen LogP contribution in [0.2, 0.25) is 0 Å². The Labute approximate surface area is 195 Å². The topological polar surface area (TPSA) is 54.0 Å². The van der Waals surface area contributed by atoms with Crippen LogP contribution in [0.5, 0.6) is 0 Å². The second-order valence-corrected chi connectivity index (χ2v) is 8.34. The standard InChI is InChI=1S/C28H30O5/c1-21-17-30-25(20-33-28(29)24-15-9-4-10-16-24)27(32-19-23-13-7-3-8-14-23)26(21)31-18-22-11-5-2-6-12-22/h2-16,21,25-27H,17-20H2,1H3/t21?,25?,26-,27+/m0/s1. The Kier molecular flexibility index (Phi) is 8.25. The second kappa shape index (κ2) is 11.8. The molecule has 33 heavy (non-hydrogen) atoms. The first-order chi connectivity index (χ1) is 16.2. The molecule has 0 aliphatic carbocycles. The highest BCUT2D eigenvalue weighted by molar-refractivity contribution is 5.89. The van der Waals surface area contributed by atoms with Crippen LogP contribution in [0.3, 0.4) is 0 Å². The molecule has 5 nitrogen and oxygen atoms in total. The smallest absolute Gasteiger partial charge is 0.338 e. The summed E-state index contributed by atoms with van der Waals surface area (Å²) in [5, 5.41) is 0. The van der Waals surface area contributed by atoms with Crippen molar-refractivity contribution in [2.45, 2.75) is 38.4 Å².